The van der Waals surface area contributed by atoms with Crippen LogP contribution in [0, 0.1) is 0 Å². The van der Waals surface area contributed by atoms with Gasteiger partial charge in [0.25, 0.3) is 10.1 Å². The van der Waals surface area contributed by atoms with Gasteiger partial charge in [0.1, 0.15) is 5.60 Å². The van der Waals surface area contributed by atoms with Gasteiger partial charge in [-0.1, -0.05) is 24.3 Å². The van der Waals surface area contributed by atoms with Crippen molar-refractivity contribution in [2.75, 3.05) is 19.5 Å². The molecular formula is C16H20O6S. The monoisotopic (exact) mass is 340 g/mol. The van der Waals surface area contributed by atoms with E-state index in [-0.39, 0.29) is 18.3 Å². The maximum Gasteiger partial charge on any atom is 0.264 e. The van der Waals surface area contributed by atoms with Gasteiger partial charge >= 0.3 is 0 Å². The number of hydrogen-bond donors (Lipinski definition) is 0. The Morgan fingerprint density at radius 2 is 2.04 bits per heavy atom. The Labute approximate surface area is 135 Å². The Bertz CT molecular complexity index is 709. The molecule has 4 rings (SSSR count). The minimum Gasteiger partial charge on any atom is -0.361 e. The minimum atomic E-state index is -3.44. The average Bonchev–Trinajstić information content (AvgIpc) is 3.07. The van der Waals surface area contributed by atoms with Crippen molar-refractivity contribution in [1.82, 2.24) is 0 Å². The first-order chi connectivity index (χ1) is 10.9. The van der Waals surface area contributed by atoms with Crippen molar-refractivity contribution in [2.45, 2.75) is 43.4 Å². The normalized spacial score (nSPS) is 32.0. The highest BCUT2D eigenvalue weighted by atomic mass is 32.2. The molecule has 0 bridgehead atoms. The van der Waals surface area contributed by atoms with Crippen LogP contribution >= 0.6 is 0 Å². The summed E-state index contributed by atoms with van der Waals surface area (Å²) in [6, 6.07) is 7.77. The Hall–Kier alpha value is -0.990. The van der Waals surface area contributed by atoms with E-state index in [2.05, 4.69) is 0 Å². The summed E-state index contributed by atoms with van der Waals surface area (Å²) in [5.74, 6) is -0.457. The first kappa shape index (κ1) is 15.5. The molecule has 1 aromatic carbocycles. The number of rotatable bonds is 4. The first-order valence-electron chi connectivity index (χ1n) is 7.80. The maximum atomic E-state index is 11.1. The number of benzene rings is 1. The van der Waals surface area contributed by atoms with Gasteiger partial charge in [0, 0.05) is 12.8 Å². The molecule has 6 nitrogen and oxygen atoms in total. The van der Waals surface area contributed by atoms with Crippen LogP contribution in [-0.2, 0) is 40.7 Å². The number of epoxide rings is 1. The predicted octanol–water partition coefficient (Wildman–Crippen LogP) is 1.68. The molecule has 2 heterocycles. The fourth-order valence-corrected chi connectivity index (χ4v) is 4.01. The van der Waals surface area contributed by atoms with Crippen LogP contribution in [0.25, 0.3) is 0 Å². The minimum absolute atomic E-state index is 0.0452. The van der Waals surface area contributed by atoms with Crippen LogP contribution in [0.2, 0.25) is 0 Å². The molecule has 23 heavy (non-hydrogen) atoms. The van der Waals surface area contributed by atoms with Crippen molar-refractivity contribution < 1.29 is 26.8 Å². The summed E-state index contributed by atoms with van der Waals surface area (Å²) in [4.78, 5) is 0. The molecule has 0 radical (unpaired) electrons. The van der Waals surface area contributed by atoms with Gasteiger partial charge in [-0.25, -0.2) is 0 Å². The molecular weight excluding hydrogens is 320 g/mol. The van der Waals surface area contributed by atoms with E-state index < -0.39 is 15.9 Å². The van der Waals surface area contributed by atoms with E-state index in [1.807, 2.05) is 24.3 Å². The summed E-state index contributed by atoms with van der Waals surface area (Å²) in [5.41, 5.74) is 1.62. The van der Waals surface area contributed by atoms with Crippen molar-refractivity contribution in [3.05, 3.63) is 35.4 Å². The van der Waals surface area contributed by atoms with E-state index in [4.69, 9.17) is 18.4 Å². The zero-order valence-electron chi connectivity index (χ0n) is 13.0. The van der Waals surface area contributed by atoms with Gasteiger partial charge in [0.2, 0.25) is 0 Å². The molecule has 1 aromatic rings. The van der Waals surface area contributed by atoms with E-state index >= 15 is 0 Å². The van der Waals surface area contributed by atoms with E-state index in [1.165, 1.54) is 0 Å². The van der Waals surface area contributed by atoms with Crippen molar-refractivity contribution in [1.29, 1.82) is 0 Å². The lowest BCUT2D eigenvalue weighted by atomic mass is 9.80. The van der Waals surface area contributed by atoms with Gasteiger partial charge in [-0.05, 0) is 17.5 Å². The first-order valence-corrected chi connectivity index (χ1v) is 9.62. The number of ether oxygens (including phenoxy) is 3. The third-order valence-electron chi connectivity index (χ3n) is 4.86. The molecule has 0 amide bonds. The quantitative estimate of drug-likeness (QED) is 0.613. The van der Waals surface area contributed by atoms with Crippen LogP contribution in [0.1, 0.15) is 30.4 Å². The van der Waals surface area contributed by atoms with E-state index in [1.54, 1.807) is 0 Å². The second-order valence-corrected chi connectivity index (χ2v) is 8.12. The fraction of sp³-hybridized carbons (Fsp3) is 0.625. The molecule has 0 N–H and O–H groups in total. The molecule has 7 heteroatoms. The molecule has 1 aliphatic carbocycles. The van der Waals surface area contributed by atoms with Gasteiger partial charge in [0.15, 0.2) is 5.79 Å². The van der Waals surface area contributed by atoms with Crippen molar-refractivity contribution in [2.24, 2.45) is 0 Å². The van der Waals surface area contributed by atoms with Gasteiger partial charge in [-0.15, -0.1) is 0 Å². The fourth-order valence-electron chi connectivity index (χ4n) is 3.66. The summed E-state index contributed by atoms with van der Waals surface area (Å²) in [6.45, 7) is 1.35. The molecule has 2 unspecified atom stereocenters. The van der Waals surface area contributed by atoms with Crippen LogP contribution in [0.15, 0.2) is 24.3 Å². The Morgan fingerprint density at radius 3 is 2.74 bits per heavy atom. The molecule has 3 aliphatic rings. The highest BCUT2D eigenvalue weighted by molar-refractivity contribution is 7.85. The second-order valence-electron chi connectivity index (χ2n) is 6.47. The summed E-state index contributed by atoms with van der Waals surface area (Å²) in [6.07, 6.45) is 3.55. The van der Waals surface area contributed by atoms with Gasteiger partial charge in [-0.2, -0.15) is 8.42 Å². The van der Waals surface area contributed by atoms with Crippen LogP contribution < -0.4 is 0 Å². The molecule has 2 aliphatic heterocycles. The highest BCUT2D eigenvalue weighted by Gasteiger charge is 2.64. The molecule has 126 valence electrons. The lowest BCUT2D eigenvalue weighted by Gasteiger charge is -2.32. The van der Waals surface area contributed by atoms with Crippen molar-refractivity contribution in [3.8, 4) is 0 Å². The van der Waals surface area contributed by atoms with E-state index in [0.717, 1.165) is 36.6 Å². The molecule has 0 aromatic heterocycles. The van der Waals surface area contributed by atoms with Crippen LogP contribution in [-0.4, -0.2) is 39.8 Å². The highest BCUT2D eigenvalue weighted by Crippen LogP contribution is 2.59. The smallest absolute Gasteiger partial charge is 0.264 e. The molecule has 2 atom stereocenters. The average molecular weight is 340 g/mol. The maximum absolute atomic E-state index is 11.1. The second kappa shape index (κ2) is 5.26. The van der Waals surface area contributed by atoms with Gasteiger partial charge in [-0.3, -0.25) is 4.18 Å². The van der Waals surface area contributed by atoms with Gasteiger partial charge in [0.05, 0.1) is 32.2 Å². The van der Waals surface area contributed by atoms with Crippen molar-refractivity contribution in [3.63, 3.8) is 0 Å². The topological polar surface area (TPSA) is 74.4 Å². The van der Waals surface area contributed by atoms with Crippen LogP contribution in [0.3, 0.4) is 0 Å². The molecule has 1 saturated carbocycles. The zero-order chi connectivity index (χ0) is 16.1. The third kappa shape index (κ3) is 2.92. The Balaban J connectivity index is 1.49. The van der Waals surface area contributed by atoms with Gasteiger partial charge < -0.3 is 14.2 Å². The SMILES string of the molecule is CS(=O)(=O)OCc1cccc(C23CCC4(CC2O3)OCCO4)c1. The number of hydrogen-bond acceptors (Lipinski definition) is 6. The van der Waals surface area contributed by atoms with Crippen LogP contribution in [0.5, 0.6) is 0 Å². The predicted molar refractivity (Wildman–Crippen MR) is 81.1 cm³/mol. The summed E-state index contributed by atoms with van der Waals surface area (Å²) in [7, 11) is -3.44. The lowest BCUT2D eigenvalue weighted by Crippen LogP contribution is -2.38. The van der Waals surface area contributed by atoms with E-state index in [0.29, 0.717) is 13.2 Å². The summed E-state index contributed by atoms with van der Waals surface area (Å²) >= 11 is 0. The Morgan fingerprint density at radius 1 is 1.26 bits per heavy atom. The molecule has 3 fully saturated rings. The number of fused-ring (bicyclic) bond motifs is 1. The van der Waals surface area contributed by atoms with E-state index in [9.17, 15) is 8.42 Å². The van der Waals surface area contributed by atoms with Crippen LogP contribution in [0.4, 0.5) is 0 Å². The zero-order valence-corrected chi connectivity index (χ0v) is 13.8. The largest absolute Gasteiger partial charge is 0.361 e. The molecule has 2 saturated heterocycles. The Kier molecular flexibility index (Phi) is 3.55. The van der Waals surface area contributed by atoms with Crippen molar-refractivity contribution >= 4 is 10.1 Å². The summed E-state index contributed by atoms with van der Waals surface area (Å²) < 4.78 is 44.7. The molecule has 1 spiro atoms. The lowest BCUT2D eigenvalue weighted by molar-refractivity contribution is -0.175. The standard InChI is InChI=1S/C16H20O6S/c1-23(17,18)21-11-12-3-2-4-13(9-12)16-6-5-15(10-14(16)22-16)19-7-8-20-15/h2-4,9,14H,5-8,10-11H2,1H3. The third-order valence-corrected chi connectivity index (χ3v) is 5.40. The summed E-state index contributed by atoms with van der Waals surface area (Å²) in [5, 5.41) is 0.